The number of carbonyl (C=O) groups excluding carboxylic acids is 1. The van der Waals surface area contributed by atoms with Gasteiger partial charge in [0.1, 0.15) is 9.99 Å². The first-order valence-corrected chi connectivity index (χ1v) is 8.24. The van der Waals surface area contributed by atoms with Crippen LogP contribution in [0.25, 0.3) is 0 Å². The molecule has 1 aromatic heterocycles. The first-order valence-electron chi connectivity index (χ1n) is 5.99. The number of rotatable bonds is 4. The highest BCUT2D eigenvalue weighted by molar-refractivity contribution is 7.91. The quantitative estimate of drug-likeness (QED) is 0.853. The summed E-state index contributed by atoms with van der Waals surface area (Å²) in [6.45, 7) is 3.93. The minimum Gasteiger partial charge on any atom is -0.300 e. The van der Waals surface area contributed by atoms with Gasteiger partial charge in [-0.25, -0.2) is 8.42 Å². The Bertz CT molecular complexity index is 547. The molecule has 1 aromatic rings. The number of sulfonamides is 1. The Morgan fingerprint density at radius 2 is 2.22 bits per heavy atom. The molecule has 1 aliphatic rings. The fourth-order valence-corrected chi connectivity index (χ4v) is 5.43. The average molecular weight is 287 g/mol. The van der Waals surface area contributed by atoms with Crippen molar-refractivity contribution in [2.45, 2.75) is 43.4 Å². The molecular weight excluding hydrogens is 270 g/mol. The minimum atomic E-state index is -3.41. The molecule has 1 saturated heterocycles. The Morgan fingerprint density at radius 1 is 1.50 bits per heavy atom. The van der Waals surface area contributed by atoms with Crippen molar-refractivity contribution in [2.75, 3.05) is 6.54 Å². The molecule has 6 heteroatoms. The van der Waals surface area contributed by atoms with E-state index in [-0.39, 0.29) is 11.8 Å². The summed E-state index contributed by atoms with van der Waals surface area (Å²) in [4.78, 5) is 12.2. The zero-order valence-corrected chi connectivity index (χ0v) is 12.2. The van der Waals surface area contributed by atoms with Crippen LogP contribution in [-0.4, -0.2) is 31.1 Å². The van der Waals surface area contributed by atoms with Crippen molar-refractivity contribution in [2.24, 2.45) is 0 Å². The number of hydrogen-bond acceptors (Lipinski definition) is 4. The Morgan fingerprint density at radius 3 is 2.78 bits per heavy atom. The van der Waals surface area contributed by atoms with Crippen LogP contribution >= 0.6 is 11.3 Å². The average Bonchev–Trinajstić information content (AvgIpc) is 2.86. The predicted octanol–water partition coefficient (Wildman–Crippen LogP) is 2.19. The van der Waals surface area contributed by atoms with Crippen molar-refractivity contribution in [1.82, 2.24) is 4.31 Å². The number of aryl methyl sites for hydroxylation is 1. The van der Waals surface area contributed by atoms with Gasteiger partial charge in [-0.15, -0.1) is 11.3 Å². The summed E-state index contributed by atoms with van der Waals surface area (Å²) in [5, 5.41) is 0. The highest BCUT2D eigenvalue weighted by Crippen LogP contribution is 2.31. The van der Waals surface area contributed by atoms with Crippen molar-refractivity contribution in [3.63, 3.8) is 0 Å². The number of hydrogen-bond donors (Lipinski definition) is 0. The maximum atomic E-state index is 12.5. The predicted molar refractivity (Wildman–Crippen MR) is 71.3 cm³/mol. The Kier molecular flexibility index (Phi) is 3.89. The van der Waals surface area contributed by atoms with E-state index < -0.39 is 10.0 Å². The van der Waals surface area contributed by atoms with Gasteiger partial charge >= 0.3 is 0 Å². The molecule has 1 atom stereocenters. The number of nitrogens with zero attached hydrogens (tertiary/aromatic N) is 1. The summed E-state index contributed by atoms with van der Waals surface area (Å²) < 4.78 is 26.8. The molecule has 2 heterocycles. The van der Waals surface area contributed by atoms with Gasteiger partial charge in [0.25, 0.3) is 10.0 Å². The SMILES string of the molecule is CC(=O)CC1CCCN1S(=O)(=O)c1ccc(C)s1. The Balaban J connectivity index is 2.26. The second-order valence-electron chi connectivity index (χ2n) is 4.68. The zero-order valence-electron chi connectivity index (χ0n) is 10.5. The largest absolute Gasteiger partial charge is 0.300 e. The van der Waals surface area contributed by atoms with Gasteiger partial charge in [-0.05, 0) is 38.8 Å². The van der Waals surface area contributed by atoms with Crippen LogP contribution in [-0.2, 0) is 14.8 Å². The molecule has 2 rings (SSSR count). The van der Waals surface area contributed by atoms with Gasteiger partial charge in [0.05, 0.1) is 0 Å². The molecule has 0 aliphatic carbocycles. The molecular formula is C12H17NO3S2. The van der Waals surface area contributed by atoms with E-state index in [1.54, 1.807) is 6.07 Å². The van der Waals surface area contributed by atoms with Crippen LogP contribution in [0.15, 0.2) is 16.3 Å². The molecule has 0 spiro atoms. The third kappa shape index (κ3) is 2.65. The van der Waals surface area contributed by atoms with Gasteiger partial charge in [-0.3, -0.25) is 4.79 Å². The van der Waals surface area contributed by atoms with E-state index in [0.29, 0.717) is 17.2 Å². The molecule has 0 bridgehead atoms. The van der Waals surface area contributed by atoms with Crippen LogP contribution in [0.2, 0.25) is 0 Å². The van der Waals surface area contributed by atoms with Crippen molar-refractivity contribution >= 4 is 27.1 Å². The van der Waals surface area contributed by atoms with E-state index in [1.807, 2.05) is 13.0 Å². The summed E-state index contributed by atoms with van der Waals surface area (Å²) in [7, 11) is -3.41. The fourth-order valence-electron chi connectivity index (χ4n) is 2.33. The second kappa shape index (κ2) is 5.11. The first-order chi connectivity index (χ1) is 8.41. The van der Waals surface area contributed by atoms with Crippen LogP contribution in [0, 0.1) is 6.92 Å². The van der Waals surface area contributed by atoms with Gasteiger partial charge < -0.3 is 0 Å². The van der Waals surface area contributed by atoms with E-state index in [1.165, 1.54) is 22.6 Å². The molecule has 18 heavy (non-hydrogen) atoms. The Labute approximate surface area is 112 Å². The monoisotopic (exact) mass is 287 g/mol. The number of thiophene rings is 1. The molecule has 1 fully saturated rings. The summed E-state index contributed by atoms with van der Waals surface area (Å²) in [5.41, 5.74) is 0. The maximum Gasteiger partial charge on any atom is 0.252 e. The molecule has 1 unspecified atom stereocenters. The lowest BCUT2D eigenvalue weighted by Crippen LogP contribution is -2.36. The van der Waals surface area contributed by atoms with Crippen molar-refractivity contribution < 1.29 is 13.2 Å². The highest BCUT2D eigenvalue weighted by Gasteiger charge is 2.36. The van der Waals surface area contributed by atoms with Crippen LogP contribution in [0.4, 0.5) is 0 Å². The van der Waals surface area contributed by atoms with E-state index >= 15 is 0 Å². The molecule has 4 nitrogen and oxygen atoms in total. The van der Waals surface area contributed by atoms with Crippen LogP contribution in [0.5, 0.6) is 0 Å². The molecule has 0 amide bonds. The summed E-state index contributed by atoms with van der Waals surface area (Å²) in [5.74, 6) is 0.0458. The second-order valence-corrected chi connectivity index (χ2v) is 8.09. The standard InChI is InChI=1S/C12H17NO3S2/c1-9(14)8-11-4-3-7-13(11)18(15,16)12-6-5-10(2)17-12/h5-6,11H,3-4,7-8H2,1-2H3. The van der Waals surface area contributed by atoms with Gasteiger partial charge in [-0.1, -0.05) is 0 Å². The highest BCUT2D eigenvalue weighted by atomic mass is 32.2. The minimum absolute atomic E-state index is 0.0458. The van der Waals surface area contributed by atoms with Crippen molar-refractivity contribution in [3.8, 4) is 0 Å². The van der Waals surface area contributed by atoms with Crippen molar-refractivity contribution in [3.05, 3.63) is 17.0 Å². The molecule has 0 saturated carbocycles. The molecule has 0 aromatic carbocycles. The smallest absolute Gasteiger partial charge is 0.252 e. The third-order valence-corrected chi connectivity index (χ3v) is 6.54. The van der Waals surface area contributed by atoms with E-state index in [4.69, 9.17) is 0 Å². The molecule has 0 radical (unpaired) electrons. The number of Topliss-reactive ketones (excluding diaryl/α,β-unsaturated/α-hetero) is 1. The lowest BCUT2D eigenvalue weighted by Gasteiger charge is -2.22. The normalized spacial score (nSPS) is 21.3. The summed E-state index contributed by atoms with van der Waals surface area (Å²) in [6, 6.07) is 3.31. The third-order valence-electron chi connectivity index (χ3n) is 3.12. The lowest BCUT2D eigenvalue weighted by molar-refractivity contribution is -0.117. The van der Waals surface area contributed by atoms with Gasteiger partial charge in [0, 0.05) is 23.9 Å². The van der Waals surface area contributed by atoms with Gasteiger partial charge in [0.2, 0.25) is 0 Å². The van der Waals surface area contributed by atoms with Crippen LogP contribution in [0.3, 0.4) is 0 Å². The fraction of sp³-hybridized carbons (Fsp3) is 0.583. The van der Waals surface area contributed by atoms with E-state index in [9.17, 15) is 13.2 Å². The lowest BCUT2D eigenvalue weighted by atomic mass is 10.1. The first kappa shape index (κ1) is 13.7. The van der Waals surface area contributed by atoms with Gasteiger partial charge in [-0.2, -0.15) is 4.31 Å². The number of ketones is 1. The topological polar surface area (TPSA) is 54.5 Å². The van der Waals surface area contributed by atoms with Crippen LogP contribution < -0.4 is 0 Å². The summed E-state index contributed by atoms with van der Waals surface area (Å²) >= 11 is 1.29. The Hall–Kier alpha value is -0.720. The zero-order chi connectivity index (χ0) is 13.3. The molecule has 1 aliphatic heterocycles. The van der Waals surface area contributed by atoms with E-state index in [0.717, 1.165) is 17.7 Å². The molecule has 100 valence electrons. The van der Waals surface area contributed by atoms with Gasteiger partial charge in [0.15, 0.2) is 0 Å². The molecule has 0 N–H and O–H groups in total. The van der Waals surface area contributed by atoms with E-state index in [2.05, 4.69) is 0 Å². The number of carbonyl (C=O) groups is 1. The van der Waals surface area contributed by atoms with Crippen LogP contribution in [0.1, 0.15) is 31.1 Å². The van der Waals surface area contributed by atoms with Crippen molar-refractivity contribution in [1.29, 1.82) is 0 Å². The maximum absolute atomic E-state index is 12.5. The summed E-state index contributed by atoms with van der Waals surface area (Å²) in [6.07, 6.45) is 1.94.